The van der Waals surface area contributed by atoms with Gasteiger partial charge in [-0.15, -0.1) is 0 Å². The molecule has 6 atom stereocenters. The van der Waals surface area contributed by atoms with Crippen molar-refractivity contribution in [2.24, 2.45) is 10.9 Å². The summed E-state index contributed by atoms with van der Waals surface area (Å²) in [6.07, 6.45) is 5.31. The van der Waals surface area contributed by atoms with Crippen molar-refractivity contribution in [3.8, 4) is 5.75 Å². The number of hydrogen-bond acceptors (Lipinski definition) is 11. The number of esters is 1. The first-order valence-corrected chi connectivity index (χ1v) is 17.8. The maximum Gasteiger partial charge on any atom is 0.459 e. The summed E-state index contributed by atoms with van der Waals surface area (Å²) in [5.74, 6) is -1.05. The minimum absolute atomic E-state index is 0.0419. The first-order valence-electron chi connectivity index (χ1n) is 16.3. The average molecular weight is 677 g/mol. The fourth-order valence-corrected chi connectivity index (χ4v) is 8.63. The topological polar surface area (TPSA) is 161 Å². The molecule has 3 aliphatic rings. The Labute approximate surface area is 278 Å². The Hall–Kier alpha value is -3.87. The van der Waals surface area contributed by atoms with Crippen LogP contribution < -0.4 is 15.3 Å². The zero-order valence-corrected chi connectivity index (χ0v) is 28.3. The van der Waals surface area contributed by atoms with E-state index >= 15 is 0 Å². The number of benzene rings is 2. The molecular formula is C34H41N6O7P. The van der Waals surface area contributed by atoms with Crippen molar-refractivity contribution in [3.63, 3.8) is 0 Å². The highest BCUT2D eigenvalue weighted by atomic mass is 31.2. The first-order chi connectivity index (χ1) is 23.0. The zero-order chi connectivity index (χ0) is 33.7. The molecule has 0 bridgehead atoms. The summed E-state index contributed by atoms with van der Waals surface area (Å²) in [6, 6.07) is 16.0. The van der Waals surface area contributed by atoms with E-state index in [1.54, 1.807) is 24.6 Å². The van der Waals surface area contributed by atoms with Gasteiger partial charge in [0.25, 0.3) is 0 Å². The molecule has 4 aromatic rings. The number of nitrogens with zero attached hydrogens (tertiary/aromatic N) is 4. The van der Waals surface area contributed by atoms with Gasteiger partial charge in [-0.1, -0.05) is 36.4 Å². The fraction of sp³-hybridized carbons (Fsp3) is 0.471. The minimum Gasteiger partial charge on any atom is -0.461 e. The molecule has 14 heteroatoms. The quantitative estimate of drug-likeness (QED) is 0.122. The molecule has 2 aliphatic carbocycles. The molecule has 2 aromatic carbocycles. The number of nitrogens with two attached hydrogens (primary N) is 1. The molecule has 48 heavy (non-hydrogen) atoms. The van der Waals surface area contributed by atoms with Crippen LogP contribution >= 0.6 is 7.75 Å². The highest BCUT2D eigenvalue weighted by molar-refractivity contribution is 7.52. The number of carbonyl (C=O) groups is 1. The van der Waals surface area contributed by atoms with Gasteiger partial charge in [0.05, 0.1) is 23.8 Å². The van der Waals surface area contributed by atoms with Crippen molar-refractivity contribution in [2.75, 3.05) is 19.4 Å². The lowest BCUT2D eigenvalue weighted by Gasteiger charge is -2.32. The van der Waals surface area contributed by atoms with Crippen LogP contribution in [0.25, 0.3) is 16.3 Å². The molecule has 2 aromatic heterocycles. The van der Waals surface area contributed by atoms with Crippen molar-refractivity contribution in [1.29, 1.82) is 0 Å². The summed E-state index contributed by atoms with van der Waals surface area (Å²) < 4.78 is 47.6. The number of carbonyl (C=O) groups excluding carboxylic acids is 1. The van der Waals surface area contributed by atoms with Gasteiger partial charge < -0.3 is 24.5 Å². The van der Waals surface area contributed by atoms with E-state index in [2.05, 4.69) is 20.2 Å². The van der Waals surface area contributed by atoms with Gasteiger partial charge in [-0.05, 0) is 70.0 Å². The molecule has 0 radical (unpaired) electrons. The maximum absolute atomic E-state index is 14.7. The number of nitrogen functional groups attached to an aromatic ring is 1. The second kappa shape index (κ2) is 12.5. The Kier molecular flexibility index (Phi) is 8.53. The highest BCUT2D eigenvalue weighted by Gasteiger charge is 2.62. The summed E-state index contributed by atoms with van der Waals surface area (Å²) in [4.78, 5) is 21.6. The molecule has 254 valence electrons. The molecule has 13 nitrogen and oxygen atoms in total. The monoisotopic (exact) mass is 676 g/mol. The lowest BCUT2D eigenvalue weighted by atomic mass is 9.81. The number of ether oxygens (including phenoxy) is 3. The van der Waals surface area contributed by atoms with E-state index in [4.69, 9.17) is 29.0 Å². The van der Waals surface area contributed by atoms with E-state index in [0.717, 1.165) is 35.7 Å². The molecule has 0 spiro atoms. The largest absolute Gasteiger partial charge is 0.461 e. The van der Waals surface area contributed by atoms with Gasteiger partial charge >= 0.3 is 13.7 Å². The predicted octanol–water partition coefficient (Wildman–Crippen LogP) is 5.22. The standard InChI is InChI=1S/C34H41N6O7P/c1-21(32(41)44-24-11-8-12-24)39-48(42,47-27-14-7-10-22-9-5-6-13-25(22)27)43-18-23-17-34(19-36-4,30-29(23)45-33(2,3)46-30)28-16-15-26-31(35)37-20-38-40(26)28/h5-7,9-10,13-16,19-21,23-24,29-30H,8,11-12,17-18H2,1-4H3,(H,39,42)(H2,35,37,38)/t21-,23+,29+,30+,34+,48?/m0/s1. The molecule has 3 N–H and O–H groups in total. The maximum atomic E-state index is 14.7. The lowest BCUT2D eigenvalue weighted by Crippen LogP contribution is -2.42. The smallest absolute Gasteiger partial charge is 0.459 e. The Balaban J connectivity index is 1.21. The number of fused-ring (bicyclic) bond motifs is 3. The minimum atomic E-state index is -4.20. The second-order valence-electron chi connectivity index (χ2n) is 13.3. The molecular weight excluding hydrogens is 635 g/mol. The van der Waals surface area contributed by atoms with Crippen LogP contribution in [0.5, 0.6) is 5.75 Å². The average Bonchev–Trinajstić information content (AvgIpc) is 3.69. The van der Waals surface area contributed by atoms with E-state index in [-0.39, 0.29) is 18.6 Å². The van der Waals surface area contributed by atoms with E-state index in [1.165, 1.54) is 6.33 Å². The van der Waals surface area contributed by atoms with E-state index in [9.17, 15) is 9.36 Å². The second-order valence-corrected chi connectivity index (χ2v) is 15.0. The summed E-state index contributed by atoms with van der Waals surface area (Å²) >= 11 is 0. The Morgan fingerprint density at radius 1 is 1.19 bits per heavy atom. The molecule has 1 saturated heterocycles. The molecule has 2 saturated carbocycles. The van der Waals surface area contributed by atoms with Crippen LogP contribution in [-0.2, 0) is 33.5 Å². The van der Waals surface area contributed by atoms with Crippen molar-refractivity contribution in [2.45, 2.75) is 82.0 Å². The Morgan fingerprint density at radius 3 is 2.75 bits per heavy atom. The van der Waals surface area contributed by atoms with E-state index in [0.29, 0.717) is 23.5 Å². The first kappa shape index (κ1) is 32.7. The SMILES string of the molecule is CN=C[C@@]1(c2ccc3c(N)ncnn23)C[C@H](COP(=O)(N[C@@H](C)C(=O)OC2CCC2)Oc2cccc3ccccc23)[C@H]2OC(C)(C)O[C@H]21. The van der Waals surface area contributed by atoms with Gasteiger partial charge in [0.1, 0.15) is 35.8 Å². The van der Waals surface area contributed by atoms with Crippen LogP contribution in [0.2, 0.25) is 0 Å². The van der Waals surface area contributed by atoms with Gasteiger partial charge in [-0.2, -0.15) is 10.2 Å². The molecule has 1 aliphatic heterocycles. The predicted molar refractivity (Wildman–Crippen MR) is 180 cm³/mol. The van der Waals surface area contributed by atoms with Crippen LogP contribution in [-0.4, -0.2) is 70.6 Å². The number of rotatable bonds is 11. The third kappa shape index (κ3) is 5.98. The summed E-state index contributed by atoms with van der Waals surface area (Å²) in [6.45, 7) is 5.28. The van der Waals surface area contributed by atoms with E-state index in [1.807, 2.05) is 68.6 Å². The van der Waals surface area contributed by atoms with Crippen LogP contribution in [0.1, 0.15) is 52.1 Å². The number of nitrogens with one attached hydrogen (secondary N) is 1. The third-order valence-corrected chi connectivity index (χ3v) is 11.1. The van der Waals surface area contributed by atoms with Crippen molar-refractivity contribution < 1.29 is 32.6 Å². The fourth-order valence-electron chi connectivity index (χ4n) is 7.06. The van der Waals surface area contributed by atoms with Crippen LogP contribution in [0.15, 0.2) is 65.9 Å². The molecule has 7 rings (SSSR count). The Morgan fingerprint density at radius 2 is 1.98 bits per heavy atom. The zero-order valence-electron chi connectivity index (χ0n) is 27.4. The van der Waals surface area contributed by atoms with Crippen LogP contribution in [0.4, 0.5) is 5.82 Å². The molecule has 0 amide bonds. The third-order valence-electron chi connectivity index (χ3n) is 9.49. The number of hydrogen-bond donors (Lipinski definition) is 2. The van der Waals surface area contributed by atoms with Crippen LogP contribution in [0, 0.1) is 5.92 Å². The molecule has 3 heterocycles. The van der Waals surface area contributed by atoms with Gasteiger partial charge in [0.15, 0.2) is 11.6 Å². The number of anilines is 1. The van der Waals surface area contributed by atoms with E-state index < -0.39 is 43.2 Å². The molecule has 1 unspecified atom stereocenters. The Bertz CT molecular complexity index is 1910. The summed E-state index contributed by atoms with van der Waals surface area (Å²) in [5, 5.41) is 9.03. The number of aromatic nitrogens is 3. The van der Waals surface area contributed by atoms with Gasteiger partial charge in [-0.25, -0.2) is 14.1 Å². The van der Waals surface area contributed by atoms with Gasteiger partial charge in [0, 0.05) is 24.6 Å². The van der Waals surface area contributed by atoms with Crippen molar-refractivity contribution in [1.82, 2.24) is 19.7 Å². The van der Waals surface area contributed by atoms with Gasteiger partial charge in [-0.3, -0.25) is 14.3 Å². The summed E-state index contributed by atoms with van der Waals surface area (Å²) in [7, 11) is -2.49. The highest BCUT2D eigenvalue weighted by Crippen LogP contribution is 2.54. The summed E-state index contributed by atoms with van der Waals surface area (Å²) in [5.41, 5.74) is 6.85. The normalized spacial score (nSPS) is 27.1. The van der Waals surface area contributed by atoms with Gasteiger partial charge in [0.2, 0.25) is 0 Å². The number of aliphatic imine (C=N–C) groups is 1. The van der Waals surface area contributed by atoms with Crippen molar-refractivity contribution in [3.05, 3.63) is 66.6 Å². The van der Waals surface area contributed by atoms with Crippen LogP contribution in [0.3, 0.4) is 0 Å². The molecule has 3 fully saturated rings. The lowest BCUT2D eigenvalue weighted by molar-refractivity contribution is -0.161. The van der Waals surface area contributed by atoms with Crippen molar-refractivity contribution >= 4 is 42.0 Å².